The van der Waals surface area contributed by atoms with Gasteiger partial charge in [-0.3, -0.25) is 9.52 Å². The van der Waals surface area contributed by atoms with Crippen molar-refractivity contribution >= 4 is 27.3 Å². The number of carbonyl (C=O) groups is 1. The molecule has 0 bridgehead atoms. The monoisotopic (exact) mass is 440 g/mol. The predicted octanol–water partition coefficient (Wildman–Crippen LogP) is 4.21. The molecular formula is C23H24N2O5S. The summed E-state index contributed by atoms with van der Waals surface area (Å²) < 4.78 is 38.5. The Hall–Kier alpha value is -3.52. The van der Waals surface area contributed by atoms with Gasteiger partial charge in [0.2, 0.25) is 5.91 Å². The maximum Gasteiger partial charge on any atom is 0.261 e. The highest BCUT2D eigenvalue weighted by molar-refractivity contribution is 7.92. The highest BCUT2D eigenvalue weighted by Gasteiger charge is 2.15. The van der Waals surface area contributed by atoms with Gasteiger partial charge in [-0.2, -0.15) is 0 Å². The second-order valence-electron chi connectivity index (χ2n) is 6.82. The van der Waals surface area contributed by atoms with E-state index in [0.717, 1.165) is 5.56 Å². The van der Waals surface area contributed by atoms with Crippen molar-refractivity contribution in [2.45, 2.75) is 18.2 Å². The van der Waals surface area contributed by atoms with E-state index in [1.54, 1.807) is 36.4 Å². The summed E-state index contributed by atoms with van der Waals surface area (Å²) in [6.45, 7) is 2.20. The number of rotatable bonds is 9. The van der Waals surface area contributed by atoms with Crippen LogP contribution in [0.15, 0.2) is 77.7 Å². The molecular weight excluding hydrogens is 416 g/mol. The Morgan fingerprint density at radius 2 is 1.58 bits per heavy atom. The molecule has 0 spiro atoms. The summed E-state index contributed by atoms with van der Waals surface area (Å²) in [6.07, 6.45) is 0.134. The third-order valence-corrected chi connectivity index (χ3v) is 5.77. The molecule has 0 atom stereocenters. The van der Waals surface area contributed by atoms with Gasteiger partial charge < -0.3 is 14.8 Å². The van der Waals surface area contributed by atoms with Crippen molar-refractivity contribution in [3.63, 3.8) is 0 Å². The molecule has 0 aromatic heterocycles. The van der Waals surface area contributed by atoms with E-state index in [-0.39, 0.29) is 23.8 Å². The fourth-order valence-electron chi connectivity index (χ4n) is 2.73. The van der Waals surface area contributed by atoms with E-state index in [1.807, 2.05) is 31.2 Å². The molecule has 7 nitrogen and oxygen atoms in total. The predicted molar refractivity (Wildman–Crippen MR) is 120 cm³/mol. The molecule has 31 heavy (non-hydrogen) atoms. The average Bonchev–Trinajstić information content (AvgIpc) is 2.75. The number of benzene rings is 3. The number of sulfonamides is 1. The SMILES string of the molecule is COc1ccc(NS(=O)(=O)c2cccc(NC(=O)CCOc3ccc(C)cc3)c2)cc1. The first-order valence-corrected chi connectivity index (χ1v) is 11.1. The third-order valence-electron chi connectivity index (χ3n) is 4.39. The zero-order chi connectivity index (χ0) is 22.3. The summed E-state index contributed by atoms with van der Waals surface area (Å²) >= 11 is 0. The molecule has 2 N–H and O–H groups in total. The van der Waals surface area contributed by atoms with E-state index in [2.05, 4.69) is 10.0 Å². The van der Waals surface area contributed by atoms with Gasteiger partial charge in [-0.05, 0) is 61.5 Å². The van der Waals surface area contributed by atoms with Gasteiger partial charge in [0, 0.05) is 11.4 Å². The van der Waals surface area contributed by atoms with Crippen LogP contribution in [-0.2, 0) is 14.8 Å². The molecule has 0 aliphatic heterocycles. The topological polar surface area (TPSA) is 93.7 Å². The Labute approximate surface area is 182 Å². The molecule has 0 radical (unpaired) electrons. The number of hydrogen-bond acceptors (Lipinski definition) is 5. The molecule has 0 unspecified atom stereocenters. The number of aryl methyl sites for hydroxylation is 1. The van der Waals surface area contributed by atoms with Crippen LogP contribution in [0, 0.1) is 6.92 Å². The molecule has 3 aromatic rings. The number of carbonyl (C=O) groups excluding carboxylic acids is 1. The van der Waals surface area contributed by atoms with Gasteiger partial charge in [0.05, 0.1) is 25.0 Å². The Balaban J connectivity index is 1.58. The lowest BCUT2D eigenvalue weighted by Crippen LogP contribution is -2.16. The first-order valence-electron chi connectivity index (χ1n) is 9.62. The van der Waals surface area contributed by atoms with E-state index in [4.69, 9.17) is 9.47 Å². The summed E-state index contributed by atoms with van der Waals surface area (Å²) in [6, 6.07) is 20.2. The van der Waals surface area contributed by atoms with Crippen molar-refractivity contribution in [1.29, 1.82) is 0 Å². The summed E-state index contributed by atoms with van der Waals surface area (Å²) in [5.41, 5.74) is 1.92. The van der Waals surface area contributed by atoms with Gasteiger partial charge in [0.15, 0.2) is 0 Å². The minimum atomic E-state index is -3.81. The Morgan fingerprint density at radius 1 is 0.903 bits per heavy atom. The van der Waals surface area contributed by atoms with E-state index >= 15 is 0 Å². The number of amides is 1. The van der Waals surface area contributed by atoms with Crippen LogP contribution in [0.25, 0.3) is 0 Å². The molecule has 0 aliphatic rings. The van der Waals surface area contributed by atoms with E-state index in [1.165, 1.54) is 19.2 Å². The average molecular weight is 441 g/mol. The Morgan fingerprint density at radius 3 is 2.26 bits per heavy atom. The van der Waals surface area contributed by atoms with Gasteiger partial charge in [0.1, 0.15) is 11.5 Å². The minimum absolute atomic E-state index is 0.0389. The van der Waals surface area contributed by atoms with Crippen LogP contribution in [0.1, 0.15) is 12.0 Å². The lowest BCUT2D eigenvalue weighted by atomic mass is 10.2. The summed E-state index contributed by atoms with van der Waals surface area (Å²) in [5.74, 6) is 1.04. The molecule has 0 heterocycles. The molecule has 0 aliphatic carbocycles. The molecule has 3 aromatic carbocycles. The van der Waals surface area contributed by atoms with E-state index < -0.39 is 10.0 Å². The highest BCUT2D eigenvalue weighted by Crippen LogP contribution is 2.21. The van der Waals surface area contributed by atoms with Crippen molar-refractivity contribution in [3.05, 3.63) is 78.4 Å². The molecule has 3 rings (SSSR count). The van der Waals surface area contributed by atoms with Gasteiger partial charge >= 0.3 is 0 Å². The summed E-state index contributed by atoms with van der Waals surface area (Å²) in [5, 5.41) is 2.70. The van der Waals surface area contributed by atoms with E-state index in [0.29, 0.717) is 22.9 Å². The number of nitrogens with one attached hydrogen (secondary N) is 2. The first kappa shape index (κ1) is 22.2. The Bertz CT molecular complexity index is 1130. The smallest absolute Gasteiger partial charge is 0.261 e. The van der Waals surface area contributed by atoms with Crippen molar-refractivity contribution in [2.24, 2.45) is 0 Å². The summed E-state index contributed by atoms with van der Waals surface area (Å²) in [7, 11) is -2.28. The van der Waals surface area contributed by atoms with Crippen molar-refractivity contribution in [2.75, 3.05) is 23.8 Å². The van der Waals surface area contributed by atoms with Gasteiger partial charge in [-0.1, -0.05) is 23.8 Å². The highest BCUT2D eigenvalue weighted by atomic mass is 32.2. The second-order valence-corrected chi connectivity index (χ2v) is 8.50. The molecule has 8 heteroatoms. The fourth-order valence-corrected chi connectivity index (χ4v) is 3.84. The van der Waals surface area contributed by atoms with Crippen LogP contribution in [0.3, 0.4) is 0 Å². The van der Waals surface area contributed by atoms with Crippen molar-refractivity contribution in [1.82, 2.24) is 0 Å². The van der Waals surface area contributed by atoms with Gasteiger partial charge in [0.25, 0.3) is 10.0 Å². The number of anilines is 2. The van der Waals surface area contributed by atoms with Crippen LogP contribution >= 0.6 is 0 Å². The molecule has 162 valence electrons. The van der Waals surface area contributed by atoms with Crippen molar-refractivity contribution in [3.8, 4) is 11.5 Å². The molecule has 0 fully saturated rings. The standard InChI is InChI=1S/C23H24N2O5S/c1-17-6-10-21(11-7-17)30-15-14-23(26)24-19-4-3-5-22(16-19)31(27,28)25-18-8-12-20(29-2)13-9-18/h3-13,16,25H,14-15H2,1-2H3,(H,24,26). The molecule has 0 saturated heterocycles. The molecule has 1 amide bonds. The normalized spacial score (nSPS) is 10.9. The van der Waals surface area contributed by atoms with E-state index in [9.17, 15) is 13.2 Å². The zero-order valence-electron chi connectivity index (χ0n) is 17.3. The fraction of sp³-hybridized carbons (Fsp3) is 0.174. The van der Waals surface area contributed by atoms with Crippen LogP contribution in [0.2, 0.25) is 0 Å². The lowest BCUT2D eigenvalue weighted by molar-refractivity contribution is -0.116. The van der Waals surface area contributed by atoms with Crippen LogP contribution in [0.4, 0.5) is 11.4 Å². The number of methoxy groups -OCH3 is 1. The second kappa shape index (κ2) is 9.99. The molecule has 0 saturated carbocycles. The van der Waals surface area contributed by atoms with Crippen molar-refractivity contribution < 1.29 is 22.7 Å². The maximum atomic E-state index is 12.7. The first-order chi connectivity index (χ1) is 14.9. The number of ether oxygens (including phenoxy) is 2. The quantitative estimate of drug-likeness (QED) is 0.520. The number of hydrogen-bond donors (Lipinski definition) is 2. The maximum absolute atomic E-state index is 12.7. The van der Waals surface area contributed by atoms with Crippen LogP contribution in [0.5, 0.6) is 11.5 Å². The van der Waals surface area contributed by atoms with Gasteiger partial charge in [-0.15, -0.1) is 0 Å². The summed E-state index contributed by atoms with van der Waals surface area (Å²) in [4.78, 5) is 12.2. The third kappa shape index (κ3) is 6.48. The minimum Gasteiger partial charge on any atom is -0.497 e. The zero-order valence-corrected chi connectivity index (χ0v) is 18.1. The van der Waals surface area contributed by atoms with Crippen LogP contribution in [-0.4, -0.2) is 28.0 Å². The lowest BCUT2D eigenvalue weighted by Gasteiger charge is -2.11. The Kier molecular flexibility index (Phi) is 7.15. The largest absolute Gasteiger partial charge is 0.497 e. The van der Waals surface area contributed by atoms with Gasteiger partial charge in [-0.25, -0.2) is 8.42 Å². The van der Waals surface area contributed by atoms with Crippen LogP contribution < -0.4 is 19.5 Å².